The molecule has 0 aliphatic rings. The molecule has 116 valence electrons. The van der Waals surface area contributed by atoms with Crippen LogP contribution < -0.4 is 10.6 Å². The van der Waals surface area contributed by atoms with Gasteiger partial charge in [-0.15, -0.1) is 0 Å². The Morgan fingerprint density at radius 1 is 0.826 bits per heavy atom. The minimum absolute atomic E-state index is 0.119. The minimum atomic E-state index is -0.704. The van der Waals surface area contributed by atoms with E-state index in [0.29, 0.717) is 22.3 Å². The van der Waals surface area contributed by atoms with Crippen LogP contribution in [-0.4, -0.2) is 9.97 Å². The normalized spacial score (nSPS) is 10.4. The second kappa shape index (κ2) is 6.58. The first-order valence-corrected chi connectivity index (χ1v) is 7.05. The van der Waals surface area contributed by atoms with Gasteiger partial charge in [0.1, 0.15) is 29.6 Å². The summed E-state index contributed by atoms with van der Waals surface area (Å²) in [4.78, 5) is 8.09. The Kier molecular flexibility index (Phi) is 4.34. The number of aromatic nitrogens is 2. The van der Waals surface area contributed by atoms with Gasteiger partial charge >= 0.3 is 0 Å². The highest BCUT2D eigenvalue weighted by Gasteiger charge is 2.06. The lowest BCUT2D eigenvalue weighted by atomic mass is 10.3. The largest absolute Gasteiger partial charge is 0.339 e. The van der Waals surface area contributed by atoms with Gasteiger partial charge in [0.2, 0.25) is 0 Å². The number of anilines is 4. The molecule has 0 fully saturated rings. The zero-order valence-electron chi connectivity index (χ0n) is 11.7. The van der Waals surface area contributed by atoms with Gasteiger partial charge in [-0.1, -0.05) is 23.7 Å². The molecule has 1 heterocycles. The van der Waals surface area contributed by atoms with Crippen molar-refractivity contribution in [3.05, 3.63) is 71.5 Å². The standard InChI is InChI=1S/C16H11ClF2N4/c17-11-3-1-2-4-13(11)22-15-8-16(21-9-20-15)23-14-6-5-10(18)7-12(14)19/h1-9H,(H2,20,21,22,23). The van der Waals surface area contributed by atoms with Crippen molar-refractivity contribution in [1.29, 1.82) is 0 Å². The molecule has 3 rings (SSSR count). The molecule has 0 unspecified atom stereocenters. The van der Waals surface area contributed by atoms with Crippen LogP contribution in [0.2, 0.25) is 5.02 Å². The molecule has 0 atom stereocenters. The van der Waals surface area contributed by atoms with Gasteiger partial charge in [-0.2, -0.15) is 0 Å². The summed E-state index contributed by atoms with van der Waals surface area (Å²) in [6, 6.07) is 12.1. The highest BCUT2D eigenvalue weighted by atomic mass is 35.5. The van der Waals surface area contributed by atoms with E-state index in [1.54, 1.807) is 18.2 Å². The fourth-order valence-electron chi connectivity index (χ4n) is 1.92. The molecule has 2 N–H and O–H groups in total. The predicted octanol–water partition coefficient (Wildman–Crippen LogP) is 4.90. The van der Waals surface area contributed by atoms with Crippen molar-refractivity contribution >= 4 is 34.6 Å². The van der Waals surface area contributed by atoms with Gasteiger partial charge in [0.15, 0.2) is 0 Å². The number of nitrogens with one attached hydrogen (secondary N) is 2. The van der Waals surface area contributed by atoms with E-state index in [4.69, 9.17) is 11.6 Å². The number of halogens is 3. The lowest BCUT2D eigenvalue weighted by molar-refractivity contribution is 0.586. The Balaban J connectivity index is 1.81. The van der Waals surface area contributed by atoms with Crippen LogP contribution in [0.4, 0.5) is 31.8 Å². The molecule has 1 aromatic heterocycles. The summed E-state index contributed by atoms with van der Waals surface area (Å²) in [6.07, 6.45) is 1.32. The molecule has 0 spiro atoms. The number of rotatable bonds is 4. The molecule has 0 saturated heterocycles. The molecule has 0 aliphatic heterocycles. The fraction of sp³-hybridized carbons (Fsp3) is 0. The maximum atomic E-state index is 13.7. The first kappa shape index (κ1) is 15.2. The summed E-state index contributed by atoms with van der Waals surface area (Å²) < 4.78 is 26.6. The molecule has 0 aliphatic carbocycles. The molecule has 0 radical (unpaired) electrons. The average Bonchev–Trinajstić information content (AvgIpc) is 2.53. The van der Waals surface area contributed by atoms with E-state index in [-0.39, 0.29) is 5.69 Å². The smallest absolute Gasteiger partial charge is 0.149 e. The van der Waals surface area contributed by atoms with Gasteiger partial charge in [0.05, 0.1) is 16.4 Å². The maximum absolute atomic E-state index is 13.7. The molecular weight excluding hydrogens is 322 g/mol. The lowest BCUT2D eigenvalue weighted by Gasteiger charge is -2.10. The third-order valence-corrected chi connectivity index (χ3v) is 3.33. The predicted molar refractivity (Wildman–Crippen MR) is 86.4 cm³/mol. The highest BCUT2D eigenvalue weighted by molar-refractivity contribution is 6.33. The van der Waals surface area contributed by atoms with E-state index in [1.807, 2.05) is 12.1 Å². The van der Waals surface area contributed by atoms with Crippen molar-refractivity contribution in [3.63, 3.8) is 0 Å². The third-order valence-electron chi connectivity index (χ3n) is 3.00. The highest BCUT2D eigenvalue weighted by Crippen LogP contribution is 2.25. The van der Waals surface area contributed by atoms with E-state index in [0.717, 1.165) is 12.1 Å². The molecule has 0 saturated carbocycles. The fourth-order valence-corrected chi connectivity index (χ4v) is 2.11. The monoisotopic (exact) mass is 332 g/mol. The number of para-hydroxylation sites is 1. The van der Waals surface area contributed by atoms with Crippen LogP contribution in [0, 0.1) is 11.6 Å². The number of benzene rings is 2. The van der Waals surface area contributed by atoms with Crippen LogP contribution in [0.15, 0.2) is 54.9 Å². The SMILES string of the molecule is Fc1ccc(Nc2cc(Nc3ccccc3Cl)ncn2)c(F)c1. The Hall–Kier alpha value is -2.73. The van der Waals surface area contributed by atoms with Crippen molar-refractivity contribution in [2.24, 2.45) is 0 Å². The first-order chi connectivity index (χ1) is 11.1. The Morgan fingerprint density at radius 2 is 1.52 bits per heavy atom. The van der Waals surface area contributed by atoms with Crippen LogP contribution in [0.3, 0.4) is 0 Å². The van der Waals surface area contributed by atoms with Crippen molar-refractivity contribution in [1.82, 2.24) is 9.97 Å². The van der Waals surface area contributed by atoms with Gasteiger partial charge in [-0.25, -0.2) is 18.7 Å². The maximum Gasteiger partial charge on any atom is 0.149 e. The molecule has 2 aromatic carbocycles. The molecule has 4 nitrogen and oxygen atoms in total. The lowest BCUT2D eigenvalue weighted by Crippen LogP contribution is -2.00. The zero-order valence-corrected chi connectivity index (χ0v) is 12.5. The molecular formula is C16H11ClF2N4. The Morgan fingerprint density at radius 3 is 2.22 bits per heavy atom. The Bertz CT molecular complexity index is 842. The van der Waals surface area contributed by atoms with Crippen LogP contribution in [-0.2, 0) is 0 Å². The van der Waals surface area contributed by atoms with Gasteiger partial charge in [-0.05, 0) is 24.3 Å². The summed E-state index contributed by atoms with van der Waals surface area (Å²) in [5, 5.41) is 6.37. The number of hydrogen-bond acceptors (Lipinski definition) is 4. The van der Waals surface area contributed by atoms with Crippen molar-refractivity contribution in [2.75, 3.05) is 10.6 Å². The van der Waals surface area contributed by atoms with Crippen LogP contribution >= 0.6 is 11.6 Å². The van der Waals surface area contributed by atoms with Crippen LogP contribution in [0.1, 0.15) is 0 Å². The molecule has 0 amide bonds. The van der Waals surface area contributed by atoms with E-state index in [2.05, 4.69) is 20.6 Å². The molecule has 0 bridgehead atoms. The quantitative estimate of drug-likeness (QED) is 0.713. The zero-order chi connectivity index (χ0) is 16.2. The third kappa shape index (κ3) is 3.73. The van der Waals surface area contributed by atoms with Gasteiger partial charge < -0.3 is 10.6 Å². The Labute approximate surface area is 136 Å². The van der Waals surface area contributed by atoms with Crippen molar-refractivity contribution in [3.8, 4) is 0 Å². The second-order valence-electron chi connectivity index (χ2n) is 4.64. The number of hydrogen-bond donors (Lipinski definition) is 2. The van der Waals surface area contributed by atoms with Crippen molar-refractivity contribution in [2.45, 2.75) is 0 Å². The summed E-state index contributed by atoms with van der Waals surface area (Å²) in [5.41, 5.74) is 0.806. The van der Waals surface area contributed by atoms with E-state index >= 15 is 0 Å². The summed E-state index contributed by atoms with van der Waals surface area (Å²) in [5.74, 6) is -0.501. The van der Waals surface area contributed by atoms with Gasteiger partial charge in [0, 0.05) is 12.1 Å². The van der Waals surface area contributed by atoms with E-state index in [9.17, 15) is 8.78 Å². The molecule has 7 heteroatoms. The number of nitrogens with zero attached hydrogens (tertiary/aromatic N) is 2. The summed E-state index contributed by atoms with van der Waals surface area (Å²) in [6.45, 7) is 0. The first-order valence-electron chi connectivity index (χ1n) is 6.67. The van der Waals surface area contributed by atoms with Gasteiger partial charge in [0.25, 0.3) is 0 Å². The molecule has 3 aromatic rings. The van der Waals surface area contributed by atoms with E-state index < -0.39 is 11.6 Å². The topological polar surface area (TPSA) is 49.8 Å². The van der Waals surface area contributed by atoms with Gasteiger partial charge in [-0.3, -0.25) is 0 Å². The minimum Gasteiger partial charge on any atom is -0.339 e. The van der Waals surface area contributed by atoms with Crippen molar-refractivity contribution < 1.29 is 8.78 Å². The van der Waals surface area contributed by atoms with Crippen LogP contribution in [0.25, 0.3) is 0 Å². The average molecular weight is 333 g/mol. The summed E-state index contributed by atoms with van der Waals surface area (Å²) >= 11 is 6.07. The van der Waals surface area contributed by atoms with Crippen LogP contribution in [0.5, 0.6) is 0 Å². The summed E-state index contributed by atoms with van der Waals surface area (Å²) in [7, 11) is 0. The van der Waals surface area contributed by atoms with E-state index in [1.165, 1.54) is 12.4 Å². The second-order valence-corrected chi connectivity index (χ2v) is 5.05. The molecule has 23 heavy (non-hydrogen) atoms.